The molecule has 4 aromatic rings. The molecule has 37 heavy (non-hydrogen) atoms. The third-order valence-corrected chi connectivity index (χ3v) is 5.38. The lowest BCUT2D eigenvalue weighted by Crippen LogP contribution is -2.08. The zero-order valence-corrected chi connectivity index (χ0v) is 19.2. The van der Waals surface area contributed by atoms with Crippen LogP contribution >= 0.6 is 0 Å². The van der Waals surface area contributed by atoms with Gasteiger partial charge in [-0.1, -0.05) is 24.3 Å². The minimum absolute atomic E-state index is 0.0351. The molecule has 3 N–H and O–H groups in total. The first-order valence-corrected chi connectivity index (χ1v) is 10.9. The second kappa shape index (κ2) is 9.96. The number of nitrogens with two attached hydrogens (primary N) is 1. The quantitative estimate of drug-likeness (QED) is 0.198. The highest BCUT2D eigenvalue weighted by Crippen LogP contribution is 2.41. The van der Waals surface area contributed by atoms with Crippen LogP contribution in [-0.4, -0.2) is 7.05 Å². The number of halogens is 6. The van der Waals surface area contributed by atoms with E-state index >= 15 is 0 Å². The van der Waals surface area contributed by atoms with Gasteiger partial charge in [-0.05, 0) is 71.8 Å². The normalized spacial score (nSPS) is 11.8. The van der Waals surface area contributed by atoms with Gasteiger partial charge >= 0.3 is 12.4 Å². The third-order valence-electron chi connectivity index (χ3n) is 5.38. The summed E-state index contributed by atoms with van der Waals surface area (Å²) in [5.41, 5.74) is 5.27. The molecule has 10 heteroatoms. The molecule has 0 radical (unpaired) electrons. The summed E-state index contributed by atoms with van der Waals surface area (Å²) in [5, 5.41) is 2.67. The number of nitrogens with one attached hydrogen (secondary N) is 1. The molecule has 0 spiro atoms. The van der Waals surface area contributed by atoms with E-state index in [1.807, 2.05) is 0 Å². The van der Waals surface area contributed by atoms with Gasteiger partial charge in [0.1, 0.15) is 34.1 Å². The number of ether oxygens (including phenoxy) is 2. The minimum atomic E-state index is -4.63. The van der Waals surface area contributed by atoms with Crippen molar-refractivity contribution in [1.82, 2.24) is 0 Å². The minimum Gasteiger partial charge on any atom is -0.457 e. The number of rotatable bonds is 6. The molecule has 0 bridgehead atoms. The zero-order valence-electron chi connectivity index (χ0n) is 19.2. The summed E-state index contributed by atoms with van der Waals surface area (Å²) in [6.45, 7) is 0. The van der Waals surface area contributed by atoms with Gasteiger partial charge in [0, 0.05) is 18.4 Å². The van der Waals surface area contributed by atoms with Crippen molar-refractivity contribution in [3.05, 3.63) is 96.1 Å². The smallest absolute Gasteiger partial charge is 0.420 e. The van der Waals surface area contributed by atoms with E-state index in [2.05, 4.69) is 5.32 Å². The van der Waals surface area contributed by atoms with Gasteiger partial charge < -0.3 is 20.5 Å². The molecule has 4 nitrogen and oxygen atoms in total. The Bertz CT molecular complexity index is 1380. The lowest BCUT2D eigenvalue weighted by atomic mass is 10.1. The van der Waals surface area contributed by atoms with Crippen LogP contribution in [0.1, 0.15) is 11.1 Å². The lowest BCUT2D eigenvalue weighted by Gasteiger charge is -2.15. The molecule has 0 aromatic heterocycles. The van der Waals surface area contributed by atoms with E-state index in [-0.39, 0.29) is 28.7 Å². The van der Waals surface area contributed by atoms with Crippen molar-refractivity contribution >= 4 is 11.4 Å². The van der Waals surface area contributed by atoms with Crippen LogP contribution in [0.5, 0.6) is 23.0 Å². The fraction of sp³-hybridized carbons (Fsp3) is 0.111. The van der Waals surface area contributed by atoms with Crippen molar-refractivity contribution in [3.63, 3.8) is 0 Å². The highest BCUT2D eigenvalue weighted by molar-refractivity contribution is 5.65. The zero-order chi connectivity index (χ0) is 26.8. The summed E-state index contributed by atoms with van der Waals surface area (Å²) in [5.74, 6) is -0.323. The molecule has 0 aliphatic rings. The Morgan fingerprint density at radius 1 is 0.595 bits per heavy atom. The Labute approximate surface area is 208 Å². The van der Waals surface area contributed by atoms with Crippen LogP contribution in [-0.2, 0) is 12.4 Å². The topological polar surface area (TPSA) is 56.5 Å². The van der Waals surface area contributed by atoms with Crippen molar-refractivity contribution in [2.75, 3.05) is 18.1 Å². The number of alkyl halides is 6. The fourth-order valence-electron chi connectivity index (χ4n) is 3.54. The molecule has 0 heterocycles. The van der Waals surface area contributed by atoms with Crippen LogP contribution in [0.15, 0.2) is 84.9 Å². The van der Waals surface area contributed by atoms with Crippen LogP contribution in [0.4, 0.5) is 37.7 Å². The van der Waals surface area contributed by atoms with E-state index < -0.39 is 23.5 Å². The largest absolute Gasteiger partial charge is 0.457 e. The molecule has 4 rings (SSSR count). The summed E-state index contributed by atoms with van der Waals surface area (Å²) in [4.78, 5) is 0. The Kier molecular flexibility index (Phi) is 6.93. The molecule has 0 aliphatic heterocycles. The molecule has 4 aromatic carbocycles. The maximum absolute atomic E-state index is 13.4. The van der Waals surface area contributed by atoms with Crippen LogP contribution in [0.3, 0.4) is 0 Å². The van der Waals surface area contributed by atoms with Crippen LogP contribution in [0, 0.1) is 0 Å². The number of anilines is 2. The molecule has 0 aliphatic carbocycles. The molecular formula is C27H20F6N2O2. The molecular weight excluding hydrogens is 498 g/mol. The Morgan fingerprint density at radius 3 is 1.46 bits per heavy atom. The number of nitrogen functional groups attached to an aromatic ring is 1. The van der Waals surface area contributed by atoms with E-state index in [0.29, 0.717) is 16.8 Å². The van der Waals surface area contributed by atoms with Crippen molar-refractivity contribution in [3.8, 4) is 34.1 Å². The first-order valence-electron chi connectivity index (χ1n) is 10.9. The molecule has 0 saturated heterocycles. The van der Waals surface area contributed by atoms with Crippen molar-refractivity contribution < 1.29 is 35.8 Å². The maximum Gasteiger partial charge on any atom is 0.420 e. The number of benzene rings is 4. The maximum atomic E-state index is 13.4. The number of hydrogen-bond donors (Lipinski definition) is 2. The summed E-state index contributed by atoms with van der Waals surface area (Å²) in [7, 11) is 1.52. The second-order valence-corrected chi connectivity index (χ2v) is 7.96. The van der Waals surface area contributed by atoms with Gasteiger partial charge in [0.2, 0.25) is 0 Å². The molecule has 192 valence electrons. The van der Waals surface area contributed by atoms with E-state index in [4.69, 9.17) is 15.2 Å². The first-order chi connectivity index (χ1) is 17.4. The molecule has 0 unspecified atom stereocenters. The Hall–Kier alpha value is -4.34. The van der Waals surface area contributed by atoms with Crippen molar-refractivity contribution in [1.29, 1.82) is 0 Å². The summed E-state index contributed by atoms with van der Waals surface area (Å²) >= 11 is 0. The van der Waals surface area contributed by atoms with Crippen molar-refractivity contribution in [2.24, 2.45) is 0 Å². The molecule has 0 atom stereocenters. The van der Waals surface area contributed by atoms with Crippen LogP contribution in [0.25, 0.3) is 11.1 Å². The molecule has 0 amide bonds. The van der Waals surface area contributed by atoms with Gasteiger partial charge in [-0.3, -0.25) is 0 Å². The van der Waals surface area contributed by atoms with Crippen LogP contribution in [0.2, 0.25) is 0 Å². The summed E-state index contributed by atoms with van der Waals surface area (Å²) in [6.07, 6.45) is -9.23. The fourth-order valence-corrected chi connectivity index (χ4v) is 3.54. The van der Waals surface area contributed by atoms with E-state index in [9.17, 15) is 26.3 Å². The van der Waals surface area contributed by atoms with Gasteiger partial charge in [-0.25, -0.2) is 0 Å². The lowest BCUT2D eigenvalue weighted by molar-refractivity contribution is -0.139. The van der Waals surface area contributed by atoms with E-state index in [0.717, 1.165) is 18.2 Å². The Balaban J connectivity index is 1.50. The third kappa shape index (κ3) is 6.08. The summed E-state index contributed by atoms with van der Waals surface area (Å²) < 4.78 is 91.1. The highest BCUT2D eigenvalue weighted by atomic mass is 19.4. The predicted octanol–water partition coefficient (Wildman–Crippen LogP) is 8.60. The average Bonchev–Trinajstić information content (AvgIpc) is 2.85. The van der Waals surface area contributed by atoms with Gasteiger partial charge in [-0.2, -0.15) is 26.3 Å². The first kappa shape index (κ1) is 25.7. The molecule has 0 saturated carbocycles. The van der Waals surface area contributed by atoms with Crippen molar-refractivity contribution in [2.45, 2.75) is 12.4 Å². The van der Waals surface area contributed by atoms with E-state index in [1.54, 1.807) is 24.3 Å². The van der Waals surface area contributed by atoms with Gasteiger partial charge in [0.15, 0.2) is 0 Å². The van der Waals surface area contributed by atoms with Gasteiger partial charge in [-0.15, -0.1) is 0 Å². The van der Waals surface area contributed by atoms with Crippen LogP contribution < -0.4 is 20.5 Å². The monoisotopic (exact) mass is 518 g/mol. The highest BCUT2D eigenvalue weighted by Gasteiger charge is 2.35. The van der Waals surface area contributed by atoms with E-state index in [1.165, 1.54) is 49.5 Å². The summed E-state index contributed by atoms with van der Waals surface area (Å²) in [6, 6.07) is 19.6. The van der Waals surface area contributed by atoms with Gasteiger partial charge in [0.25, 0.3) is 0 Å². The Morgan fingerprint density at radius 2 is 1.03 bits per heavy atom. The second-order valence-electron chi connectivity index (χ2n) is 7.96. The average molecular weight is 518 g/mol. The number of hydrogen-bond acceptors (Lipinski definition) is 4. The SMILES string of the molecule is CNc1ccc(Oc2ccc(-c3ccc(Oc4ccc(N)cc4C(F)(F)F)cc3)cc2)c(C(F)(F)F)c1. The molecule has 0 fully saturated rings. The standard InChI is InChI=1S/C27H20F6N2O2/c1-35-19-7-13-25(23(15-19)27(31,32)33)37-21-10-4-17(5-11-21)16-2-8-20(9-3-16)36-24-12-6-18(34)14-22(24)26(28,29)30/h2-15,35H,34H2,1H3. The predicted molar refractivity (Wildman–Crippen MR) is 129 cm³/mol. The van der Waals surface area contributed by atoms with Gasteiger partial charge in [0.05, 0.1) is 0 Å².